The normalized spacial score (nSPS) is 15.5. The average molecular weight is 290 g/mol. The van der Waals surface area contributed by atoms with Gasteiger partial charge in [0.25, 0.3) is 0 Å². The van der Waals surface area contributed by atoms with Gasteiger partial charge in [0.2, 0.25) is 0 Å². The van der Waals surface area contributed by atoms with E-state index >= 15 is 0 Å². The van der Waals surface area contributed by atoms with Crippen LogP contribution in [-0.4, -0.2) is 23.1 Å². The lowest BCUT2D eigenvalue weighted by Crippen LogP contribution is -2.27. The number of aromatic nitrogens is 2. The van der Waals surface area contributed by atoms with E-state index in [2.05, 4.69) is 42.9 Å². The molecule has 17 heavy (non-hydrogen) atoms. The second kappa shape index (κ2) is 4.45. The van der Waals surface area contributed by atoms with Crippen molar-refractivity contribution in [2.24, 2.45) is 0 Å². The first-order valence-corrected chi connectivity index (χ1v) is 6.44. The van der Waals surface area contributed by atoms with Crippen LogP contribution in [0.25, 0.3) is 11.0 Å². The summed E-state index contributed by atoms with van der Waals surface area (Å²) in [6.45, 7) is 2.00. The average Bonchev–Trinajstić information content (AvgIpc) is 2.39. The van der Waals surface area contributed by atoms with E-state index < -0.39 is 0 Å². The van der Waals surface area contributed by atoms with Gasteiger partial charge in [0.15, 0.2) is 0 Å². The number of pyridine rings is 2. The highest BCUT2D eigenvalue weighted by molar-refractivity contribution is 9.10. The number of hydrogen-bond donors (Lipinski definition) is 0. The lowest BCUT2D eigenvalue weighted by atomic mass is 10.2. The second-order valence-corrected chi connectivity index (χ2v) is 4.97. The number of rotatable bonds is 1. The molecule has 0 unspecified atom stereocenters. The molecule has 2 aromatic heterocycles. The van der Waals surface area contributed by atoms with E-state index in [-0.39, 0.29) is 0 Å². The molecule has 0 amide bonds. The maximum Gasteiger partial charge on any atom is 0.112 e. The Kier molecular flexibility index (Phi) is 2.81. The summed E-state index contributed by atoms with van der Waals surface area (Å²) in [6, 6.07) is 4.05. The number of anilines is 1. The lowest BCUT2D eigenvalue weighted by molar-refractivity contribution is 0.822. The van der Waals surface area contributed by atoms with Gasteiger partial charge >= 0.3 is 0 Å². The zero-order valence-corrected chi connectivity index (χ0v) is 10.9. The summed E-state index contributed by atoms with van der Waals surface area (Å²) in [5.74, 6) is 0. The van der Waals surface area contributed by atoms with Gasteiger partial charge in [-0.2, -0.15) is 0 Å². The van der Waals surface area contributed by atoms with Crippen molar-refractivity contribution >= 4 is 32.7 Å². The molecule has 0 saturated heterocycles. The lowest BCUT2D eigenvalue weighted by Gasteiger charge is -2.26. The van der Waals surface area contributed by atoms with Gasteiger partial charge in [-0.25, -0.2) is 0 Å². The van der Waals surface area contributed by atoms with Crippen LogP contribution < -0.4 is 4.90 Å². The molecule has 0 spiro atoms. The number of nitrogens with zero attached hydrogens (tertiary/aromatic N) is 3. The Morgan fingerprint density at radius 2 is 2.18 bits per heavy atom. The highest BCUT2D eigenvalue weighted by Gasteiger charge is 2.12. The standard InChI is InChI=1S/C13H12BrN3/c14-10-8-11-13(16-9-10)12(4-5-15-11)17-6-2-1-3-7-17/h1-2,4-5,8-9H,3,6-7H2. The van der Waals surface area contributed by atoms with Crippen LogP contribution in [0.5, 0.6) is 0 Å². The first-order valence-electron chi connectivity index (χ1n) is 5.65. The molecule has 3 heterocycles. The van der Waals surface area contributed by atoms with Crippen molar-refractivity contribution in [1.29, 1.82) is 0 Å². The smallest absolute Gasteiger partial charge is 0.112 e. The van der Waals surface area contributed by atoms with Gasteiger partial charge in [-0.1, -0.05) is 12.2 Å². The molecule has 3 nitrogen and oxygen atoms in total. The Balaban J connectivity index is 2.12. The minimum atomic E-state index is 0.937. The third-order valence-electron chi connectivity index (χ3n) is 2.92. The largest absolute Gasteiger partial charge is 0.366 e. The zero-order valence-electron chi connectivity index (χ0n) is 9.31. The Morgan fingerprint density at radius 3 is 3.00 bits per heavy atom. The molecule has 0 aliphatic carbocycles. The molecule has 0 fully saturated rings. The number of fused-ring (bicyclic) bond motifs is 1. The van der Waals surface area contributed by atoms with Crippen molar-refractivity contribution in [2.75, 3.05) is 18.0 Å². The van der Waals surface area contributed by atoms with Gasteiger partial charge < -0.3 is 4.90 Å². The summed E-state index contributed by atoms with van der Waals surface area (Å²) < 4.78 is 0.966. The Hall–Kier alpha value is -1.42. The van der Waals surface area contributed by atoms with Gasteiger partial charge in [-0.15, -0.1) is 0 Å². The topological polar surface area (TPSA) is 29.0 Å². The molecule has 0 N–H and O–H groups in total. The van der Waals surface area contributed by atoms with Crippen LogP contribution in [0.2, 0.25) is 0 Å². The summed E-state index contributed by atoms with van der Waals surface area (Å²) in [6.07, 6.45) is 9.20. The molecular formula is C13H12BrN3. The van der Waals surface area contributed by atoms with Crippen molar-refractivity contribution in [3.8, 4) is 0 Å². The summed E-state index contributed by atoms with van der Waals surface area (Å²) >= 11 is 3.43. The third-order valence-corrected chi connectivity index (χ3v) is 3.36. The van der Waals surface area contributed by atoms with Crippen LogP contribution in [0.3, 0.4) is 0 Å². The number of halogens is 1. The van der Waals surface area contributed by atoms with Crippen LogP contribution >= 0.6 is 15.9 Å². The third kappa shape index (κ3) is 2.05. The van der Waals surface area contributed by atoms with Crippen LogP contribution in [0.15, 0.2) is 41.2 Å². The summed E-state index contributed by atoms with van der Waals surface area (Å²) in [7, 11) is 0. The van der Waals surface area contributed by atoms with Crippen LogP contribution in [0, 0.1) is 0 Å². The van der Waals surface area contributed by atoms with Crippen LogP contribution in [-0.2, 0) is 0 Å². The predicted molar refractivity (Wildman–Crippen MR) is 73.2 cm³/mol. The molecule has 86 valence electrons. The Labute approximate surface area is 108 Å². The SMILES string of the molecule is Brc1cnc2c(N3CC=CCC3)ccnc2c1. The fourth-order valence-electron chi connectivity index (χ4n) is 2.11. The molecule has 2 aromatic rings. The Morgan fingerprint density at radius 1 is 1.24 bits per heavy atom. The molecule has 0 aromatic carbocycles. The summed E-state index contributed by atoms with van der Waals surface area (Å²) in [5, 5.41) is 0. The van der Waals surface area contributed by atoms with E-state index in [1.807, 2.05) is 24.5 Å². The van der Waals surface area contributed by atoms with Gasteiger partial charge in [0.05, 0.1) is 11.2 Å². The zero-order chi connectivity index (χ0) is 11.7. The monoisotopic (exact) mass is 289 g/mol. The maximum atomic E-state index is 4.48. The fraction of sp³-hybridized carbons (Fsp3) is 0.231. The van der Waals surface area contributed by atoms with E-state index in [4.69, 9.17) is 0 Å². The van der Waals surface area contributed by atoms with Gasteiger partial charge in [0, 0.05) is 30.0 Å². The van der Waals surface area contributed by atoms with Crippen LogP contribution in [0.1, 0.15) is 6.42 Å². The molecule has 0 radical (unpaired) electrons. The Bertz CT molecular complexity index is 580. The quantitative estimate of drug-likeness (QED) is 0.755. The van der Waals surface area contributed by atoms with Gasteiger partial charge in [0.1, 0.15) is 5.52 Å². The van der Waals surface area contributed by atoms with Gasteiger partial charge in [-0.3, -0.25) is 9.97 Å². The van der Waals surface area contributed by atoms with E-state index in [1.54, 1.807) is 0 Å². The van der Waals surface area contributed by atoms with Crippen LogP contribution in [0.4, 0.5) is 5.69 Å². The minimum absolute atomic E-state index is 0.937. The summed E-state index contributed by atoms with van der Waals surface area (Å²) in [4.78, 5) is 11.2. The van der Waals surface area contributed by atoms with E-state index in [9.17, 15) is 0 Å². The molecule has 1 aliphatic rings. The van der Waals surface area contributed by atoms with Gasteiger partial charge in [-0.05, 0) is 34.5 Å². The first kappa shape index (κ1) is 10.7. The predicted octanol–water partition coefficient (Wildman–Crippen LogP) is 3.16. The van der Waals surface area contributed by atoms with E-state index in [1.165, 1.54) is 5.69 Å². The first-order chi connectivity index (χ1) is 8.34. The molecular weight excluding hydrogens is 278 g/mol. The highest BCUT2D eigenvalue weighted by Crippen LogP contribution is 2.26. The fourth-order valence-corrected chi connectivity index (χ4v) is 2.43. The molecule has 0 atom stereocenters. The van der Waals surface area contributed by atoms with Crippen molar-refractivity contribution in [2.45, 2.75) is 6.42 Å². The minimum Gasteiger partial charge on any atom is -0.366 e. The second-order valence-electron chi connectivity index (χ2n) is 4.06. The van der Waals surface area contributed by atoms with Crippen molar-refractivity contribution in [3.05, 3.63) is 41.2 Å². The molecule has 0 bridgehead atoms. The van der Waals surface area contributed by atoms with Crippen molar-refractivity contribution in [1.82, 2.24) is 9.97 Å². The number of hydrogen-bond acceptors (Lipinski definition) is 3. The van der Waals surface area contributed by atoms with E-state index in [0.29, 0.717) is 0 Å². The maximum absolute atomic E-state index is 4.48. The molecule has 3 rings (SSSR count). The molecule has 1 aliphatic heterocycles. The van der Waals surface area contributed by atoms with E-state index in [0.717, 1.165) is 35.0 Å². The highest BCUT2D eigenvalue weighted by atomic mass is 79.9. The van der Waals surface area contributed by atoms with Crippen molar-refractivity contribution in [3.63, 3.8) is 0 Å². The molecule has 4 heteroatoms. The molecule has 0 saturated carbocycles. The summed E-state index contributed by atoms with van der Waals surface area (Å²) in [5.41, 5.74) is 3.09. The van der Waals surface area contributed by atoms with Crippen molar-refractivity contribution < 1.29 is 0 Å².